The van der Waals surface area contributed by atoms with Gasteiger partial charge in [-0.15, -0.1) is 0 Å². The van der Waals surface area contributed by atoms with Gasteiger partial charge < -0.3 is 9.64 Å². The van der Waals surface area contributed by atoms with Crippen molar-refractivity contribution < 1.29 is 22.3 Å². The number of hydrogen-bond acceptors (Lipinski definition) is 4. The van der Waals surface area contributed by atoms with E-state index in [9.17, 15) is 17.6 Å². The molecular formula is C22H25FN2O4S. The molecule has 2 fully saturated rings. The van der Waals surface area contributed by atoms with Gasteiger partial charge in [-0.05, 0) is 49.9 Å². The van der Waals surface area contributed by atoms with E-state index in [0.29, 0.717) is 12.2 Å². The minimum atomic E-state index is -3.76. The van der Waals surface area contributed by atoms with Crippen LogP contribution in [-0.2, 0) is 21.3 Å². The summed E-state index contributed by atoms with van der Waals surface area (Å²) >= 11 is 0. The molecule has 1 saturated carbocycles. The summed E-state index contributed by atoms with van der Waals surface area (Å²) in [5.74, 6) is -0.650. The van der Waals surface area contributed by atoms with Crippen LogP contribution in [0.3, 0.4) is 0 Å². The number of sulfonamides is 1. The molecular weight excluding hydrogens is 407 g/mol. The van der Waals surface area contributed by atoms with Crippen molar-refractivity contribution in [2.24, 2.45) is 0 Å². The third kappa shape index (κ3) is 4.88. The molecule has 4 rings (SSSR count). The monoisotopic (exact) mass is 432 g/mol. The maximum Gasteiger partial charge on any atom is 0.254 e. The highest BCUT2D eigenvalue weighted by atomic mass is 32.2. The Hall–Kier alpha value is -2.29. The zero-order valence-electron chi connectivity index (χ0n) is 16.6. The van der Waals surface area contributed by atoms with Crippen LogP contribution >= 0.6 is 0 Å². The lowest BCUT2D eigenvalue weighted by atomic mass is 10.1. The average molecular weight is 433 g/mol. The Labute approximate surface area is 176 Å². The van der Waals surface area contributed by atoms with Crippen LogP contribution in [0.5, 0.6) is 0 Å². The molecule has 1 heterocycles. The first-order chi connectivity index (χ1) is 14.4. The number of rotatable bonds is 8. The van der Waals surface area contributed by atoms with Crippen molar-refractivity contribution in [1.82, 2.24) is 9.62 Å². The summed E-state index contributed by atoms with van der Waals surface area (Å²) in [5, 5.41) is 0. The second kappa shape index (κ2) is 8.83. The van der Waals surface area contributed by atoms with Gasteiger partial charge in [-0.1, -0.05) is 24.3 Å². The summed E-state index contributed by atoms with van der Waals surface area (Å²) in [4.78, 5) is 14.8. The lowest BCUT2D eigenvalue weighted by molar-refractivity contribution is 0.0728. The summed E-state index contributed by atoms with van der Waals surface area (Å²) in [5.41, 5.74) is 0.720. The quantitative estimate of drug-likeness (QED) is 0.696. The van der Waals surface area contributed by atoms with Gasteiger partial charge in [-0.2, -0.15) is 0 Å². The number of hydrogen-bond donors (Lipinski definition) is 1. The summed E-state index contributed by atoms with van der Waals surface area (Å²) < 4.78 is 47.5. The molecule has 8 heteroatoms. The molecule has 1 saturated heterocycles. The number of nitrogens with zero attached hydrogens (tertiary/aromatic N) is 1. The van der Waals surface area contributed by atoms with Gasteiger partial charge in [0.25, 0.3) is 5.91 Å². The van der Waals surface area contributed by atoms with E-state index in [4.69, 9.17) is 4.74 Å². The van der Waals surface area contributed by atoms with E-state index in [1.54, 1.807) is 35.2 Å². The van der Waals surface area contributed by atoms with Crippen LogP contribution in [0.25, 0.3) is 0 Å². The molecule has 0 aromatic heterocycles. The molecule has 2 aromatic rings. The van der Waals surface area contributed by atoms with Crippen molar-refractivity contribution in [2.45, 2.75) is 49.3 Å². The molecule has 1 amide bonds. The number of amides is 1. The lowest BCUT2D eigenvalue weighted by Gasteiger charge is -2.23. The average Bonchev–Trinajstić information content (AvgIpc) is 3.45. The van der Waals surface area contributed by atoms with Gasteiger partial charge >= 0.3 is 0 Å². The first-order valence-corrected chi connectivity index (χ1v) is 11.7. The fourth-order valence-electron chi connectivity index (χ4n) is 3.62. The summed E-state index contributed by atoms with van der Waals surface area (Å²) in [6, 6.07) is 12.4. The standard InChI is InChI=1S/C22H25FN2O4S/c23-21-9-2-1-5-17(21)15-25(18-10-11-18)22(26)16-6-3-8-20(13-16)30(27,28)24-14-19-7-4-12-29-19/h1-3,5-6,8-9,13,18-19,24H,4,7,10-12,14-15H2. The summed E-state index contributed by atoms with van der Waals surface area (Å²) in [7, 11) is -3.76. The van der Waals surface area contributed by atoms with Crippen molar-refractivity contribution >= 4 is 15.9 Å². The molecule has 1 N–H and O–H groups in total. The van der Waals surface area contributed by atoms with Gasteiger partial charge in [0.2, 0.25) is 10.0 Å². The smallest absolute Gasteiger partial charge is 0.254 e. The van der Waals surface area contributed by atoms with E-state index in [2.05, 4.69) is 4.72 Å². The minimum absolute atomic E-state index is 0.0352. The lowest BCUT2D eigenvalue weighted by Crippen LogP contribution is -2.34. The molecule has 0 spiro atoms. The molecule has 1 unspecified atom stereocenters. The molecule has 1 aliphatic heterocycles. The van der Waals surface area contributed by atoms with Crippen LogP contribution in [-0.4, -0.2) is 44.5 Å². The maximum absolute atomic E-state index is 14.1. The zero-order chi connectivity index (χ0) is 21.1. The van der Waals surface area contributed by atoms with E-state index in [1.165, 1.54) is 18.2 Å². The fourth-order valence-corrected chi connectivity index (χ4v) is 4.73. The molecule has 2 aromatic carbocycles. The van der Waals surface area contributed by atoms with Gasteiger partial charge in [0, 0.05) is 36.9 Å². The van der Waals surface area contributed by atoms with Crippen LogP contribution in [0.15, 0.2) is 53.4 Å². The van der Waals surface area contributed by atoms with Crippen LogP contribution < -0.4 is 4.72 Å². The molecule has 0 bridgehead atoms. The van der Waals surface area contributed by atoms with E-state index in [0.717, 1.165) is 25.7 Å². The SMILES string of the molecule is O=C(c1cccc(S(=O)(=O)NCC2CCCO2)c1)N(Cc1ccccc1F)C1CC1. The van der Waals surface area contributed by atoms with E-state index < -0.39 is 10.0 Å². The van der Waals surface area contributed by atoms with E-state index in [-0.39, 0.29) is 47.4 Å². The molecule has 1 aliphatic carbocycles. The summed E-state index contributed by atoms with van der Waals surface area (Å²) in [6.45, 7) is 1.02. The Morgan fingerprint density at radius 1 is 1.13 bits per heavy atom. The predicted octanol–water partition coefficient (Wildman–Crippen LogP) is 3.09. The summed E-state index contributed by atoms with van der Waals surface area (Å²) in [6.07, 6.45) is 3.36. The molecule has 160 valence electrons. The number of ether oxygens (including phenoxy) is 1. The third-order valence-electron chi connectivity index (χ3n) is 5.46. The van der Waals surface area contributed by atoms with Gasteiger partial charge in [0.1, 0.15) is 5.82 Å². The number of benzene rings is 2. The van der Waals surface area contributed by atoms with Crippen molar-refractivity contribution in [3.63, 3.8) is 0 Å². The zero-order valence-corrected chi connectivity index (χ0v) is 17.4. The first kappa shape index (κ1) is 21.0. The highest BCUT2D eigenvalue weighted by Gasteiger charge is 2.34. The maximum atomic E-state index is 14.1. The van der Waals surface area contributed by atoms with Crippen LogP contribution in [0.4, 0.5) is 4.39 Å². The third-order valence-corrected chi connectivity index (χ3v) is 6.88. The van der Waals surface area contributed by atoms with Crippen molar-refractivity contribution in [2.75, 3.05) is 13.2 Å². The highest BCUT2D eigenvalue weighted by Crippen LogP contribution is 2.30. The van der Waals surface area contributed by atoms with Gasteiger partial charge in [0.05, 0.1) is 11.0 Å². The Morgan fingerprint density at radius 2 is 1.93 bits per heavy atom. The van der Waals surface area contributed by atoms with Crippen molar-refractivity contribution in [3.05, 3.63) is 65.5 Å². The number of carbonyl (C=O) groups is 1. The molecule has 6 nitrogen and oxygen atoms in total. The fraction of sp³-hybridized carbons (Fsp3) is 0.409. The van der Waals surface area contributed by atoms with Gasteiger partial charge in [-0.25, -0.2) is 17.5 Å². The Kier molecular flexibility index (Phi) is 6.17. The van der Waals surface area contributed by atoms with Crippen LogP contribution in [0, 0.1) is 5.82 Å². The van der Waals surface area contributed by atoms with E-state index in [1.807, 2.05) is 0 Å². The van der Waals surface area contributed by atoms with Gasteiger partial charge in [-0.3, -0.25) is 4.79 Å². The highest BCUT2D eigenvalue weighted by molar-refractivity contribution is 7.89. The molecule has 30 heavy (non-hydrogen) atoms. The predicted molar refractivity (Wildman–Crippen MR) is 110 cm³/mol. The minimum Gasteiger partial charge on any atom is -0.377 e. The van der Waals surface area contributed by atoms with E-state index >= 15 is 0 Å². The van der Waals surface area contributed by atoms with Crippen molar-refractivity contribution in [1.29, 1.82) is 0 Å². The number of halogens is 1. The van der Waals surface area contributed by atoms with Gasteiger partial charge in [0.15, 0.2) is 0 Å². The molecule has 2 aliphatic rings. The van der Waals surface area contributed by atoms with Crippen molar-refractivity contribution in [3.8, 4) is 0 Å². The Balaban J connectivity index is 1.51. The Morgan fingerprint density at radius 3 is 2.63 bits per heavy atom. The first-order valence-electron chi connectivity index (χ1n) is 10.2. The number of carbonyl (C=O) groups excluding carboxylic acids is 1. The molecule has 1 atom stereocenters. The topological polar surface area (TPSA) is 75.7 Å². The van der Waals surface area contributed by atoms with Crippen LogP contribution in [0.1, 0.15) is 41.6 Å². The van der Waals surface area contributed by atoms with Crippen LogP contribution in [0.2, 0.25) is 0 Å². The molecule has 0 radical (unpaired) electrons. The second-order valence-electron chi connectivity index (χ2n) is 7.77. The number of nitrogens with one attached hydrogen (secondary N) is 1. The largest absolute Gasteiger partial charge is 0.377 e. The normalized spacial score (nSPS) is 19.0. The Bertz CT molecular complexity index is 1020. The second-order valence-corrected chi connectivity index (χ2v) is 9.54.